The summed E-state index contributed by atoms with van der Waals surface area (Å²) >= 11 is 0. The first-order valence-electron chi connectivity index (χ1n) is 9.49. The van der Waals surface area contributed by atoms with Gasteiger partial charge in [-0.2, -0.15) is 5.10 Å². The van der Waals surface area contributed by atoms with Crippen LogP contribution in [0.3, 0.4) is 0 Å². The minimum absolute atomic E-state index is 0.154. The van der Waals surface area contributed by atoms with Gasteiger partial charge >= 0.3 is 5.97 Å². The number of amides is 1. The number of carbonyl (C=O) groups excluding carboxylic acids is 2. The van der Waals surface area contributed by atoms with Crippen LogP contribution in [0.25, 0.3) is 11.3 Å². The van der Waals surface area contributed by atoms with Gasteiger partial charge in [-0.1, -0.05) is 18.2 Å². The van der Waals surface area contributed by atoms with E-state index in [0.717, 1.165) is 11.1 Å². The van der Waals surface area contributed by atoms with Crippen molar-refractivity contribution >= 4 is 11.9 Å². The molecule has 1 saturated heterocycles. The Balaban J connectivity index is 1.31. The summed E-state index contributed by atoms with van der Waals surface area (Å²) in [7, 11) is 0. The van der Waals surface area contributed by atoms with E-state index in [2.05, 4.69) is 10.2 Å². The molecule has 1 N–H and O–H groups in total. The van der Waals surface area contributed by atoms with Crippen molar-refractivity contribution in [3.05, 3.63) is 77.2 Å². The lowest BCUT2D eigenvalue weighted by atomic mass is 9.83. The third-order valence-electron chi connectivity index (χ3n) is 5.73. The van der Waals surface area contributed by atoms with Crippen molar-refractivity contribution in [1.29, 1.82) is 0 Å². The summed E-state index contributed by atoms with van der Waals surface area (Å²) in [5.41, 5.74) is 2.58. The molecule has 2 aromatic carbocycles. The van der Waals surface area contributed by atoms with E-state index < -0.39 is 5.60 Å². The van der Waals surface area contributed by atoms with Crippen LogP contribution in [0.1, 0.15) is 39.3 Å². The quantitative estimate of drug-likeness (QED) is 0.679. The number of fused-ring (bicyclic) bond motifs is 2. The largest absolute Gasteiger partial charge is 0.450 e. The SMILES string of the molecule is O=C1OC2(CCN(C(=O)c3cc(-c4ccc(F)cc4)n[nH]3)CC2)c2ccccc21. The minimum Gasteiger partial charge on any atom is -0.450 e. The molecule has 0 radical (unpaired) electrons. The molecule has 6 nitrogen and oxygen atoms in total. The maximum absolute atomic E-state index is 13.1. The van der Waals surface area contributed by atoms with Gasteiger partial charge in [0, 0.05) is 37.1 Å². The van der Waals surface area contributed by atoms with Gasteiger partial charge in [-0.3, -0.25) is 9.89 Å². The smallest absolute Gasteiger partial charge is 0.339 e. The molecule has 146 valence electrons. The lowest BCUT2D eigenvalue weighted by Crippen LogP contribution is -2.45. The molecule has 5 rings (SSSR count). The minimum atomic E-state index is -0.641. The molecule has 29 heavy (non-hydrogen) atoms. The molecule has 0 unspecified atom stereocenters. The first-order valence-corrected chi connectivity index (χ1v) is 9.49. The highest BCUT2D eigenvalue weighted by atomic mass is 19.1. The van der Waals surface area contributed by atoms with Crippen molar-refractivity contribution < 1.29 is 18.7 Å². The maximum atomic E-state index is 13.1. The second-order valence-corrected chi connectivity index (χ2v) is 7.40. The normalized spacial score (nSPS) is 17.3. The standard InChI is InChI=1S/C22H18FN3O3/c23-15-7-5-14(6-8-15)18-13-19(25-24-18)20(27)26-11-9-22(10-12-26)17-4-2-1-3-16(17)21(28)29-22/h1-8,13H,9-12H2,(H,24,25). The zero-order valence-electron chi connectivity index (χ0n) is 15.5. The number of H-pyrrole nitrogens is 1. The van der Waals surface area contributed by atoms with Crippen LogP contribution in [0, 0.1) is 5.82 Å². The first-order chi connectivity index (χ1) is 14.1. The Kier molecular flexibility index (Phi) is 3.97. The molecule has 0 atom stereocenters. The van der Waals surface area contributed by atoms with Crippen molar-refractivity contribution in [1.82, 2.24) is 15.1 Å². The summed E-state index contributed by atoms with van der Waals surface area (Å²) in [6.45, 7) is 0.955. The van der Waals surface area contributed by atoms with Crippen molar-refractivity contribution in [2.24, 2.45) is 0 Å². The van der Waals surface area contributed by atoms with Gasteiger partial charge in [0.15, 0.2) is 0 Å². The van der Waals surface area contributed by atoms with Gasteiger partial charge in [0.25, 0.3) is 5.91 Å². The number of esters is 1. The Hall–Kier alpha value is -3.48. The summed E-state index contributed by atoms with van der Waals surface area (Å²) in [5, 5.41) is 6.96. The number of ether oxygens (including phenoxy) is 1. The zero-order valence-corrected chi connectivity index (χ0v) is 15.5. The van der Waals surface area contributed by atoms with Crippen LogP contribution >= 0.6 is 0 Å². The van der Waals surface area contributed by atoms with E-state index in [1.807, 2.05) is 18.2 Å². The number of hydrogen-bond donors (Lipinski definition) is 1. The summed E-state index contributed by atoms with van der Waals surface area (Å²) in [6, 6.07) is 15.1. The summed E-state index contributed by atoms with van der Waals surface area (Å²) in [4.78, 5) is 26.8. The number of carbonyl (C=O) groups is 2. The van der Waals surface area contributed by atoms with Gasteiger partial charge in [-0.15, -0.1) is 0 Å². The number of nitrogens with one attached hydrogen (secondary N) is 1. The van der Waals surface area contributed by atoms with Gasteiger partial charge < -0.3 is 9.64 Å². The van der Waals surface area contributed by atoms with Crippen LogP contribution in [0.5, 0.6) is 0 Å². The molecule has 2 aliphatic heterocycles. The fraction of sp³-hybridized carbons (Fsp3) is 0.227. The molecular weight excluding hydrogens is 373 g/mol. The van der Waals surface area contributed by atoms with Gasteiger partial charge in [-0.05, 0) is 36.4 Å². The van der Waals surface area contributed by atoms with Gasteiger partial charge in [0.2, 0.25) is 0 Å². The fourth-order valence-electron chi connectivity index (χ4n) is 4.16. The van der Waals surface area contributed by atoms with Gasteiger partial charge in [-0.25, -0.2) is 9.18 Å². The topological polar surface area (TPSA) is 75.3 Å². The molecule has 1 aromatic heterocycles. The Morgan fingerprint density at radius 1 is 1.10 bits per heavy atom. The second kappa shape index (κ2) is 6.55. The number of rotatable bonds is 2. The lowest BCUT2D eigenvalue weighted by Gasteiger charge is -2.38. The van der Waals surface area contributed by atoms with E-state index in [1.165, 1.54) is 12.1 Å². The number of halogens is 1. The van der Waals surface area contributed by atoms with E-state index in [1.54, 1.807) is 29.2 Å². The number of hydrogen-bond acceptors (Lipinski definition) is 4. The van der Waals surface area contributed by atoms with E-state index >= 15 is 0 Å². The third-order valence-corrected chi connectivity index (χ3v) is 5.73. The van der Waals surface area contributed by atoms with Crippen LogP contribution in [-0.2, 0) is 10.3 Å². The highest BCUT2D eigenvalue weighted by molar-refractivity contribution is 5.95. The Morgan fingerprint density at radius 3 is 2.59 bits per heavy atom. The number of benzene rings is 2. The molecule has 7 heteroatoms. The van der Waals surface area contributed by atoms with E-state index in [-0.39, 0.29) is 17.7 Å². The van der Waals surface area contributed by atoms with Gasteiger partial charge in [0.05, 0.1) is 11.3 Å². The van der Waals surface area contributed by atoms with Crippen LogP contribution in [0.15, 0.2) is 54.6 Å². The zero-order chi connectivity index (χ0) is 20.0. The molecule has 2 aliphatic rings. The molecule has 3 aromatic rings. The Labute approximate surface area is 166 Å². The lowest BCUT2D eigenvalue weighted by molar-refractivity contribution is -0.0390. The average Bonchev–Trinajstić information content (AvgIpc) is 3.33. The molecule has 1 amide bonds. The van der Waals surface area contributed by atoms with E-state index in [0.29, 0.717) is 42.9 Å². The average molecular weight is 391 g/mol. The number of aromatic nitrogens is 2. The van der Waals surface area contributed by atoms with Crippen LogP contribution in [0.4, 0.5) is 4.39 Å². The first kappa shape index (κ1) is 17.6. The predicted octanol–water partition coefficient (Wildman–Crippen LogP) is 3.52. The van der Waals surface area contributed by atoms with Crippen LogP contribution in [0.2, 0.25) is 0 Å². The summed E-state index contributed by atoms with van der Waals surface area (Å²) in [5.74, 6) is -0.770. The van der Waals surface area contributed by atoms with Crippen molar-refractivity contribution in [3.8, 4) is 11.3 Å². The highest BCUT2D eigenvalue weighted by Crippen LogP contribution is 2.44. The summed E-state index contributed by atoms with van der Waals surface area (Å²) < 4.78 is 18.8. The Morgan fingerprint density at radius 2 is 1.83 bits per heavy atom. The monoisotopic (exact) mass is 391 g/mol. The molecule has 0 saturated carbocycles. The van der Waals surface area contributed by atoms with E-state index in [4.69, 9.17) is 4.74 Å². The molecule has 0 aliphatic carbocycles. The maximum Gasteiger partial charge on any atom is 0.339 e. The van der Waals surface area contributed by atoms with Crippen LogP contribution in [-0.4, -0.2) is 40.1 Å². The number of piperidine rings is 1. The Bertz CT molecular complexity index is 1100. The number of nitrogens with zero attached hydrogens (tertiary/aromatic N) is 2. The van der Waals surface area contributed by atoms with E-state index in [9.17, 15) is 14.0 Å². The second-order valence-electron chi connectivity index (χ2n) is 7.40. The predicted molar refractivity (Wildman–Crippen MR) is 103 cm³/mol. The summed E-state index contributed by atoms with van der Waals surface area (Å²) in [6.07, 6.45) is 1.11. The number of likely N-dealkylation sites (tertiary alicyclic amines) is 1. The van der Waals surface area contributed by atoms with Crippen LogP contribution < -0.4 is 0 Å². The van der Waals surface area contributed by atoms with Gasteiger partial charge in [0.1, 0.15) is 17.1 Å². The molecule has 3 heterocycles. The fourth-order valence-corrected chi connectivity index (χ4v) is 4.16. The van der Waals surface area contributed by atoms with Crippen molar-refractivity contribution in [2.45, 2.75) is 18.4 Å². The molecule has 1 spiro atoms. The third kappa shape index (κ3) is 2.90. The molecular formula is C22H18FN3O3. The molecule has 0 bridgehead atoms. The van der Waals surface area contributed by atoms with Crippen molar-refractivity contribution in [3.63, 3.8) is 0 Å². The highest BCUT2D eigenvalue weighted by Gasteiger charge is 2.47. The van der Waals surface area contributed by atoms with Crippen molar-refractivity contribution in [2.75, 3.05) is 13.1 Å². The number of aromatic amines is 1. The molecule has 1 fully saturated rings.